The molecule has 0 radical (unpaired) electrons. The Balaban J connectivity index is 2.50. The molecule has 0 amide bonds. The van der Waals surface area contributed by atoms with Crippen molar-refractivity contribution in [3.05, 3.63) is 29.3 Å². The van der Waals surface area contributed by atoms with Crippen LogP contribution in [0.2, 0.25) is 0 Å². The Labute approximate surface area is 122 Å². The number of rotatable bonds is 3. The van der Waals surface area contributed by atoms with Gasteiger partial charge in [0.25, 0.3) is 0 Å². The first-order chi connectivity index (χ1) is 9.87. The monoisotopic (exact) mass is 309 g/mol. The van der Waals surface area contributed by atoms with Gasteiger partial charge in [-0.25, -0.2) is 8.42 Å². The molecule has 8 heteroatoms. The van der Waals surface area contributed by atoms with Crippen molar-refractivity contribution in [2.75, 3.05) is 19.6 Å². The predicted octanol–water partition coefficient (Wildman–Crippen LogP) is -0.0862. The van der Waals surface area contributed by atoms with Gasteiger partial charge in [-0.3, -0.25) is 4.79 Å². The zero-order chi connectivity index (χ0) is 15.6. The molecule has 1 aromatic rings. The van der Waals surface area contributed by atoms with Crippen LogP contribution in [0.5, 0.6) is 0 Å². The first-order valence-electron chi connectivity index (χ1n) is 6.34. The summed E-state index contributed by atoms with van der Waals surface area (Å²) >= 11 is 0. The lowest BCUT2D eigenvalue weighted by Crippen LogP contribution is -2.56. The molecule has 1 aliphatic heterocycles. The number of nitrogens with one attached hydrogen (secondary N) is 1. The fourth-order valence-electron chi connectivity index (χ4n) is 2.26. The minimum absolute atomic E-state index is 0.0188. The van der Waals surface area contributed by atoms with E-state index in [0.29, 0.717) is 12.1 Å². The molecular weight excluding hydrogens is 294 g/mol. The van der Waals surface area contributed by atoms with Crippen LogP contribution in [0.4, 0.5) is 0 Å². The lowest BCUT2D eigenvalue weighted by Gasteiger charge is -2.32. The number of piperazine rings is 1. The van der Waals surface area contributed by atoms with Gasteiger partial charge in [0.1, 0.15) is 6.04 Å². The molecule has 1 heterocycles. The van der Waals surface area contributed by atoms with E-state index in [1.807, 2.05) is 6.07 Å². The fourth-order valence-corrected chi connectivity index (χ4v) is 4.09. The summed E-state index contributed by atoms with van der Waals surface area (Å²) in [6.07, 6.45) is 0. The molecule has 0 aliphatic carbocycles. The molecule has 1 unspecified atom stereocenters. The molecule has 1 fully saturated rings. The zero-order valence-electron chi connectivity index (χ0n) is 11.4. The van der Waals surface area contributed by atoms with Crippen molar-refractivity contribution in [3.8, 4) is 6.07 Å². The second-order valence-corrected chi connectivity index (χ2v) is 6.62. The van der Waals surface area contributed by atoms with Gasteiger partial charge in [-0.05, 0) is 24.6 Å². The minimum Gasteiger partial charge on any atom is -0.480 e. The molecule has 2 N–H and O–H groups in total. The number of aryl methyl sites for hydroxylation is 1. The van der Waals surface area contributed by atoms with Crippen molar-refractivity contribution in [2.24, 2.45) is 0 Å². The predicted molar refractivity (Wildman–Crippen MR) is 74.1 cm³/mol. The molecule has 0 saturated carbocycles. The van der Waals surface area contributed by atoms with Crippen LogP contribution in [0.3, 0.4) is 0 Å². The van der Waals surface area contributed by atoms with Crippen molar-refractivity contribution in [3.63, 3.8) is 0 Å². The molecule has 1 saturated heterocycles. The zero-order valence-corrected chi connectivity index (χ0v) is 12.2. The van der Waals surface area contributed by atoms with Crippen LogP contribution in [0.25, 0.3) is 0 Å². The second kappa shape index (κ2) is 5.81. The molecule has 7 nitrogen and oxygen atoms in total. The number of aliphatic carboxylic acids is 1. The first-order valence-corrected chi connectivity index (χ1v) is 7.78. The summed E-state index contributed by atoms with van der Waals surface area (Å²) in [7, 11) is -3.96. The normalized spacial score (nSPS) is 19.9. The third-order valence-electron chi connectivity index (χ3n) is 3.38. The van der Waals surface area contributed by atoms with E-state index < -0.39 is 22.0 Å². The van der Waals surface area contributed by atoms with Gasteiger partial charge in [-0.1, -0.05) is 6.07 Å². The number of hydrogen-bond acceptors (Lipinski definition) is 5. The third kappa shape index (κ3) is 2.90. The SMILES string of the molecule is Cc1ccc(C#N)cc1S(=O)(=O)N1CCNCC1C(=O)O. The summed E-state index contributed by atoms with van der Waals surface area (Å²) in [6.45, 7) is 2.15. The highest BCUT2D eigenvalue weighted by molar-refractivity contribution is 7.89. The molecule has 0 aromatic heterocycles. The van der Waals surface area contributed by atoms with Crippen LogP contribution in [0, 0.1) is 18.3 Å². The van der Waals surface area contributed by atoms with Gasteiger partial charge in [0, 0.05) is 19.6 Å². The van der Waals surface area contributed by atoms with Crippen LogP contribution < -0.4 is 5.32 Å². The summed E-state index contributed by atoms with van der Waals surface area (Å²) in [5.41, 5.74) is 0.706. The molecule has 112 valence electrons. The number of benzene rings is 1. The summed E-state index contributed by atoms with van der Waals surface area (Å²) in [5, 5.41) is 21.0. The van der Waals surface area contributed by atoms with E-state index in [1.165, 1.54) is 12.1 Å². The number of hydrogen-bond donors (Lipinski definition) is 2. The number of nitrogens with zero attached hydrogens (tertiary/aromatic N) is 2. The molecular formula is C13H15N3O4S. The van der Waals surface area contributed by atoms with Gasteiger partial charge in [0.2, 0.25) is 10.0 Å². The van der Waals surface area contributed by atoms with Gasteiger partial charge in [-0.15, -0.1) is 0 Å². The molecule has 0 bridgehead atoms. The van der Waals surface area contributed by atoms with E-state index in [2.05, 4.69) is 5.32 Å². The average molecular weight is 309 g/mol. The van der Waals surface area contributed by atoms with Crippen molar-refractivity contribution < 1.29 is 18.3 Å². The van der Waals surface area contributed by atoms with E-state index in [1.54, 1.807) is 13.0 Å². The number of nitriles is 1. The molecule has 2 rings (SSSR count). The third-order valence-corrected chi connectivity index (χ3v) is 5.43. The van der Waals surface area contributed by atoms with E-state index in [0.717, 1.165) is 4.31 Å². The maximum atomic E-state index is 12.7. The van der Waals surface area contributed by atoms with Gasteiger partial charge >= 0.3 is 5.97 Å². The van der Waals surface area contributed by atoms with Crippen molar-refractivity contribution >= 4 is 16.0 Å². The Morgan fingerprint density at radius 2 is 2.24 bits per heavy atom. The van der Waals surface area contributed by atoms with Crippen molar-refractivity contribution in [1.82, 2.24) is 9.62 Å². The fraction of sp³-hybridized carbons (Fsp3) is 0.385. The quantitative estimate of drug-likeness (QED) is 0.807. The highest BCUT2D eigenvalue weighted by Crippen LogP contribution is 2.23. The van der Waals surface area contributed by atoms with Crippen LogP contribution in [-0.2, 0) is 14.8 Å². The summed E-state index contributed by atoms with van der Waals surface area (Å²) < 4.78 is 26.4. The molecule has 1 atom stereocenters. The number of sulfonamides is 1. The van der Waals surface area contributed by atoms with Gasteiger partial charge in [0.05, 0.1) is 16.5 Å². The smallest absolute Gasteiger partial charge is 0.323 e. The topological polar surface area (TPSA) is 111 Å². The highest BCUT2D eigenvalue weighted by atomic mass is 32.2. The highest BCUT2D eigenvalue weighted by Gasteiger charge is 2.38. The van der Waals surface area contributed by atoms with Crippen LogP contribution >= 0.6 is 0 Å². The average Bonchev–Trinajstić information content (AvgIpc) is 2.47. The first kappa shape index (κ1) is 15.4. The van der Waals surface area contributed by atoms with E-state index >= 15 is 0 Å². The van der Waals surface area contributed by atoms with Crippen LogP contribution in [0.15, 0.2) is 23.1 Å². The van der Waals surface area contributed by atoms with E-state index in [-0.39, 0.29) is 23.5 Å². The van der Waals surface area contributed by atoms with Gasteiger partial charge in [-0.2, -0.15) is 9.57 Å². The lowest BCUT2D eigenvalue weighted by molar-refractivity contribution is -0.141. The van der Waals surface area contributed by atoms with Crippen LogP contribution in [-0.4, -0.2) is 49.5 Å². The lowest BCUT2D eigenvalue weighted by atomic mass is 10.2. The van der Waals surface area contributed by atoms with Crippen molar-refractivity contribution in [1.29, 1.82) is 5.26 Å². The Morgan fingerprint density at radius 1 is 1.52 bits per heavy atom. The van der Waals surface area contributed by atoms with Crippen LogP contribution in [0.1, 0.15) is 11.1 Å². The van der Waals surface area contributed by atoms with E-state index in [4.69, 9.17) is 5.26 Å². The minimum atomic E-state index is -3.96. The molecule has 1 aliphatic rings. The molecule has 0 spiro atoms. The maximum Gasteiger partial charge on any atom is 0.323 e. The maximum absolute atomic E-state index is 12.7. The number of carbonyl (C=O) groups is 1. The summed E-state index contributed by atoms with van der Waals surface area (Å²) in [6, 6.07) is 5.10. The largest absolute Gasteiger partial charge is 0.480 e. The standard InChI is InChI=1S/C13H15N3O4S/c1-9-2-3-10(7-14)6-12(9)21(19,20)16-5-4-15-8-11(16)13(17)18/h2-3,6,11,15H,4-5,8H2,1H3,(H,17,18). The summed E-state index contributed by atoms with van der Waals surface area (Å²) in [5.74, 6) is -1.19. The summed E-state index contributed by atoms with van der Waals surface area (Å²) in [4.78, 5) is 11.2. The number of carboxylic acids is 1. The van der Waals surface area contributed by atoms with E-state index in [9.17, 15) is 18.3 Å². The molecule has 21 heavy (non-hydrogen) atoms. The van der Waals surface area contributed by atoms with Crippen molar-refractivity contribution in [2.45, 2.75) is 17.9 Å². The van der Waals surface area contributed by atoms with Gasteiger partial charge < -0.3 is 10.4 Å². The van der Waals surface area contributed by atoms with Gasteiger partial charge in [0.15, 0.2) is 0 Å². The Kier molecular flexibility index (Phi) is 4.27. The second-order valence-electron chi connectivity index (χ2n) is 4.77. The number of carboxylic acid groups (broad SMARTS) is 1. The molecule has 1 aromatic carbocycles. The Bertz CT molecular complexity index is 709. The Morgan fingerprint density at radius 3 is 2.86 bits per heavy atom. The Hall–Kier alpha value is -1.95.